The highest BCUT2D eigenvalue weighted by Gasteiger charge is 2.17. The molecule has 0 bridgehead atoms. The van der Waals surface area contributed by atoms with E-state index in [1.165, 1.54) is 0 Å². The second kappa shape index (κ2) is 4.52. The van der Waals surface area contributed by atoms with Crippen molar-refractivity contribution in [3.8, 4) is 11.3 Å². The third-order valence-electron chi connectivity index (χ3n) is 3.12. The summed E-state index contributed by atoms with van der Waals surface area (Å²) >= 11 is 0. The first-order chi connectivity index (χ1) is 9.60. The number of imidazole rings is 2. The molecule has 0 radical (unpaired) electrons. The van der Waals surface area contributed by atoms with E-state index in [1.54, 1.807) is 35.6 Å². The summed E-state index contributed by atoms with van der Waals surface area (Å²) in [6.07, 6.45) is 7.25. The van der Waals surface area contributed by atoms with Gasteiger partial charge in [0.25, 0.3) is 0 Å². The molecule has 3 aromatic rings. The van der Waals surface area contributed by atoms with Crippen LogP contribution in [-0.4, -0.2) is 36.3 Å². The highest BCUT2D eigenvalue weighted by Crippen LogP contribution is 2.19. The fourth-order valence-electron chi connectivity index (χ4n) is 2.14. The molecule has 0 aliphatic rings. The number of hydrogen-bond donors (Lipinski definition) is 0. The Morgan fingerprint density at radius 2 is 2.10 bits per heavy atom. The molecule has 7 nitrogen and oxygen atoms in total. The summed E-state index contributed by atoms with van der Waals surface area (Å²) in [6.45, 7) is 2.14. The molecule has 0 atom stereocenters. The van der Waals surface area contributed by atoms with Crippen LogP contribution in [0.2, 0.25) is 0 Å². The molecule has 0 spiro atoms. The molecule has 0 amide bonds. The van der Waals surface area contributed by atoms with Gasteiger partial charge in [-0.1, -0.05) is 0 Å². The van der Waals surface area contributed by atoms with Gasteiger partial charge >= 0.3 is 5.97 Å². The van der Waals surface area contributed by atoms with Crippen LogP contribution in [0.3, 0.4) is 0 Å². The molecule has 104 valence electrons. The lowest BCUT2D eigenvalue weighted by Gasteiger charge is -2.01. The SMILES string of the molecule is CCOC(=O)c1cn2cc(-c3cnn(C)c3)nc2n1C. The van der Waals surface area contributed by atoms with E-state index < -0.39 is 0 Å². The van der Waals surface area contributed by atoms with Crippen LogP contribution in [0.1, 0.15) is 17.4 Å². The lowest BCUT2D eigenvalue weighted by atomic mass is 10.3. The van der Waals surface area contributed by atoms with Gasteiger partial charge in [0, 0.05) is 38.2 Å². The van der Waals surface area contributed by atoms with Crippen LogP contribution in [0.5, 0.6) is 0 Å². The molecule has 3 heterocycles. The lowest BCUT2D eigenvalue weighted by molar-refractivity contribution is 0.0515. The van der Waals surface area contributed by atoms with Gasteiger partial charge in [-0.25, -0.2) is 9.78 Å². The van der Waals surface area contributed by atoms with E-state index in [0.29, 0.717) is 18.1 Å². The van der Waals surface area contributed by atoms with Gasteiger partial charge in [0.2, 0.25) is 5.78 Å². The Kier molecular flexibility index (Phi) is 2.81. The van der Waals surface area contributed by atoms with Crippen molar-refractivity contribution in [3.63, 3.8) is 0 Å². The molecule has 7 heteroatoms. The zero-order valence-corrected chi connectivity index (χ0v) is 11.6. The number of carbonyl (C=O) groups excluding carboxylic acids is 1. The fourth-order valence-corrected chi connectivity index (χ4v) is 2.14. The normalized spacial score (nSPS) is 11.2. The third kappa shape index (κ3) is 1.87. The van der Waals surface area contributed by atoms with Crippen molar-refractivity contribution in [2.75, 3.05) is 6.61 Å². The molecule has 0 aliphatic carbocycles. The van der Waals surface area contributed by atoms with Crippen LogP contribution in [0, 0.1) is 0 Å². The Balaban J connectivity index is 2.04. The summed E-state index contributed by atoms with van der Waals surface area (Å²) in [5, 5.41) is 4.13. The van der Waals surface area contributed by atoms with Crippen molar-refractivity contribution in [3.05, 3.63) is 30.5 Å². The van der Waals surface area contributed by atoms with Crippen molar-refractivity contribution in [2.24, 2.45) is 14.1 Å². The Labute approximate surface area is 115 Å². The van der Waals surface area contributed by atoms with Crippen LogP contribution in [0.25, 0.3) is 17.0 Å². The monoisotopic (exact) mass is 273 g/mol. The first-order valence-electron chi connectivity index (χ1n) is 6.30. The van der Waals surface area contributed by atoms with Crippen molar-refractivity contribution < 1.29 is 9.53 Å². The topological polar surface area (TPSA) is 66.3 Å². The van der Waals surface area contributed by atoms with Crippen molar-refractivity contribution in [2.45, 2.75) is 6.92 Å². The highest BCUT2D eigenvalue weighted by molar-refractivity contribution is 5.88. The molecule has 0 N–H and O–H groups in total. The number of ether oxygens (including phenoxy) is 1. The minimum Gasteiger partial charge on any atom is -0.461 e. The first-order valence-corrected chi connectivity index (χ1v) is 6.30. The van der Waals surface area contributed by atoms with E-state index in [1.807, 2.05) is 23.8 Å². The van der Waals surface area contributed by atoms with Gasteiger partial charge in [-0.2, -0.15) is 5.10 Å². The minimum absolute atomic E-state index is 0.344. The molecule has 3 aromatic heterocycles. The molecule has 0 aromatic carbocycles. The van der Waals surface area contributed by atoms with E-state index >= 15 is 0 Å². The number of rotatable bonds is 3. The van der Waals surface area contributed by atoms with Gasteiger partial charge in [-0.15, -0.1) is 0 Å². The third-order valence-corrected chi connectivity index (χ3v) is 3.12. The van der Waals surface area contributed by atoms with Gasteiger partial charge in [0.15, 0.2) is 0 Å². The van der Waals surface area contributed by atoms with Crippen LogP contribution in [0.15, 0.2) is 24.8 Å². The van der Waals surface area contributed by atoms with Crippen molar-refractivity contribution in [1.29, 1.82) is 0 Å². The van der Waals surface area contributed by atoms with E-state index in [4.69, 9.17) is 4.74 Å². The second-order valence-corrected chi connectivity index (χ2v) is 4.53. The van der Waals surface area contributed by atoms with Gasteiger partial charge in [-0.3, -0.25) is 9.08 Å². The molecule has 0 saturated carbocycles. The number of fused-ring (bicyclic) bond motifs is 1. The maximum absolute atomic E-state index is 11.8. The number of carbonyl (C=O) groups is 1. The van der Waals surface area contributed by atoms with Crippen LogP contribution >= 0.6 is 0 Å². The summed E-state index contributed by atoms with van der Waals surface area (Å²) in [7, 11) is 3.65. The number of aromatic nitrogens is 5. The maximum Gasteiger partial charge on any atom is 0.356 e. The standard InChI is InChI=1S/C13H15N5O2/c1-4-20-12(19)11-8-18-7-10(15-13(18)17(11)3)9-5-14-16(2)6-9/h5-8H,4H2,1-3H3. The molecule has 20 heavy (non-hydrogen) atoms. The predicted octanol–water partition coefficient (Wildman–Crippen LogP) is 1.25. The zero-order chi connectivity index (χ0) is 14.3. The summed E-state index contributed by atoms with van der Waals surface area (Å²) < 4.78 is 10.3. The molecule has 0 unspecified atom stereocenters. The molecule has 0 aliphatic heterocycles. The summed E-state index contributed by atoms with van der Waals surface area (Å²) in [5.41, 5.74) is 2.24. The zero-order valence-electron chi connectivity index (χ0n) is 11.6. The van der Waals surface area contributed by atoms with Gasteiger partial charge < -0.3 is 9.30 Å². The van der Waals surface area contributed by atoms with E-state index in [2.05, 4.69) is 10.1 Å². The fraction of sp³-hybridized carbons (Fsp3) is 0.308. The Morgan fingerprint density at radius 1 is 1.30 bits per heavy atom. The molecule has 3 rings (SSSR count). The maximum atomic E-state index is 11.8. The van der Waals surface area contributed by atoms with Crippen molar-refractivity contribution >= 4 is 11.7 Å². The number of hydrogen-bond acceptors (Lipinski definition) is 4. The number of aryl methyl sites for hydroxylation is 2. The predicted molar refractivity (Wildman–Crippen MR) is 72.3 cm³/mol. The Morgan fingerprint density at radius 3 is 2.70 bits per heavy atom. The Bertz CT molecular complexity index is 780. The minimum atomic E-state index is -0.344. The molecule has 0 saturated heterocycles. The highest BCUT2D eigenvalue weighted by atomic mass is 16.5. The summed E-state index contributed by atoms with van der Waals surface area (Å²) in [6, 6.07) is 0. The van der Waals surface area contributed by atoms with Gasteiger partial charge in [0.05, 0.1) is 18.5 Å². The van der Waals surface area contributed by atoms with Crippen LogP contribution in [-0.2, 0) is 18.8 Å². The van der Waals surface area contributed by atoms with Gasteiger partial charge in [0.1, 0.15) is 5.69 Å². The van der Waals surface area contributed by atoms with E-state index in [9.17, 15) is 4.79 Å². The first kappa shape index (κ1) is 12.5. The smallest absolute Gasteiger partial charge is 0.356 e. The van der Waals surface area contributed by atoms with Crippen molar-refractivity contribution in [1.82, 2.24) is 23.7 Å². The van der Waals surface area contributed by atoms with E-state index in [-0.39, 0.29) is 5.97 Å². The average molecular weight is 273 g/mol. The largest absolute Gasteiger partial charge is 0.461 e. The molecular formula is C13H15N5O2. The summed E-state index contributed by atoms with van der Waals surface area (Å²) in [4.78, 5) is 16.3. The van der Waals surface area contributed by atoms with Crippen LogP contribution < -0.4 is 0 Å². The molecular weight excluding hydrogens is 258 g/mol. The number of nitrogens with zero attached hydrogens (tertiary/aromatic N) is 5. The number of esters is 1. The Hall–Kier alpha value is -2.57. The average Bonchev–Trinajstić information content (AvgIpc) is 3.06. The molecule has 0 fully saturated rings. The lowest BCUT2D eigenvalue weighted by Crippen LogP contribution is -2.09. The van der Waals surface area contributed by atoms with E-state index in [0.717, 1.165) is 11.3 Å². The second-order valence-electron chi connectivity index (χ2n) is 4.53. The summed E-state index contributed by atoms with van der Waals surface area (Å²) in [5.74, 6) is 0.343. The van der Waals surface area contributed by atoms with Crippen LogP contribution in [0.4, 0.5) is 0 Å². The quantitative estimate of drug-likeness (QED) is 0.674. The van der Waals surface area contributed by atoms with Gasteiger partial charge in [-0.05, 0) is 6.92 Å².